The van der Waals surface area contributed by atoms with Crippen molar-refractivity contribution in [2.45, 2.75) is 20.8 Å². The molecule has 1 aromatic carbocycles. The van der Waals surface area contributed by atoms with E-state index in [0.717, 1.165) is 22.6 Å². The number of benzene rings is 1. The number of hydrogen-bond donors (Lipinski definition) is 1. The lowest BCUT2D eigenvalue weighted by molar-refractivity contribution is -0.116. The number of nitrogens with one attached hydrogen (secondary N) is 1. The summed E-state index contributed by atoms with van der Waals surface area (Å²) >= 11 is 0. The zero-order chi connectivity index (χ0) is 18.9. The van der Waals surface area contributed by atoms with Crippen LogP contribution in [0.3, 0.4) is 0 Å². The summed E-state index contributed by atoms with van der Waals surface area (Å²) < 4.78 is 12.4. The number of carbonyl (C=O) groups is 1. The lowest BCUT2D eigenvalue weighted by Gasteiger charge is -2.09. The highest BCUT2D eigenvalue weighted by Crippen LogP contribution is 2.22. The first-order valence-corrected chi connectivity index (χ1v) is 8.81. The van der Waals surface area contributed by atoms with Gasteiger partial charge in [0.1, 0.15) is 0 Å². The van der Waals surface area contributed by atoms with Gasteiger partial charge in [0.05, 0.1) is 19.8 Å². The van der Waals surface area contributed by atoms with Gasteiger partial charge in [-0.15, -0.1) is 0 Å². The number of aryl methyl sites for hydroxylation is 2. The molecular weight excluding hydrogens is 328 g/mol. The number of hydrogen-bond acceptors (Lipinski definition) is 3. The lowest BCUT2D eigenvalue weighted by Crippen LogP contribution is -2.25. The van der Waals surface area contributed by atoms with E-state index >= 15 is 0 Å². The van der Waals surface area contributed by atoms with Gasteiger partial charge in [0.15, 0.2) is 0 Å². The Kier molecular flexibility index (Phi) is 7.63. The molecule has 2 aromatic rings. The fourth-order valence-corrected chi connectivity index (χ4v) is 2.76. The van der Waals surface area contributed by atoms with Crippen molar-refractivity contribution in [2.24, 2.45) is 0 Å². The quantitative estimate of drug-likeness (QED) is 0.554. The third kappa shape index (κ3) is 5.58. The molecule has 1 heterocycles. The van der Waals surface area contributed by atoms with Crippen LogP contribution in [0.25, 0.3) is 11.8 Å². The molecule has 26 heavy (non-hydrogen) atoms. The molecule has 1 N–H and O–H groups in total. The maximum absolute atomic E-state index is 11.9. The molecule has 5 nitrogen and oxygen atoms in total. The van der Waals surface area contributed by atoms with Crippen LogP contribution in [0, 0.1) is 20.8 Å². The van der Waals surface area contributed by atoms with Gasteiger partial charge >= 0.3 is 0 Å². The first-order chi connectivity index (χ1) is 12.5. The fraction of sp³-hybridized carbons (Fsp3) is 0.381. The topological polar surface area (TPSA) is 52.5 Å². The van der Waals surface area contributed by atoms with Crippen LogP contribution in [0.15, 0.2) is 36.4 Å². The van der Waals surface area contributed by atoms with E-state index in [1.54, 1.807) is 13.2 Å². The SMILES string of the molecule is COCCOCCNC(=O)/C=C/c1cc(C)n(-c2ccc(C)cc2)c1C. The molecule has 1 amide bonds. The maximum Gasteiger partial charge on any atom is 0.244 e. The highest BCUT2D eigenvalue weighted by Gasteiger charge is 2.09. The number of rotatable bonds is 9. The van der Waals surface area contributed by atoms with Crippen molar-refractivity contribution in [1.29, 1.82) is 0 Å². The standard InChI is InChI=1S/C21H28N2O3/c1-16-5-8-20(9-6-16)23-17(2)15-19(18(23)3)7-10-21(24)22-11-12-26-14-13-25-4/h5-10,15H,11-14H2,1-4H3,(H,22,24)/b10-7+. The van der Waals surface area contributed by atoms with E-state index in [1.165, 1.54) is 5.56 Å². The zero-order valence-corrected chi connectivity index (χ0v) is 16.0. The fourth-order valence-electron chi connectivity index (χ4n) is 2.76. The van der Waals surface area contributed by atoms with Crippen LogP contribution < -0.4 is 5.32 Å². The highest BCUT2D eigenvalue weighted by atomic mass is 16.5. The summed E-state index contributed by atoms with van der Waals surface area (Å²) in [6.07, 6.45) is 3.42. The average molecular weight is 356 g/mol. The van der Waals surface area contributed by atoms with Crippen LogP contribution in [0.1, 0.15) is 22.5 Å². The van der Waals surface area contributed by atoms with E-state index in [0.29, 0.717) is 26.4 Å². The van der Waals surface area contributed by atoms with Gasteiger partial charge in [0, 0.05) is 36.8 Å². The summed E-state index contributed by atoms with van der Waals surface area (Å²) in [6.45, 7) is 8.27. The van der Waals surface area contributed by atoms with Crippen LogP contribution in [0.5, 0.6) is 0 Å². The van der Waals surface area contributed by atoms with E-state index in [2.05, 4.69) is 61.0 Å². The largest absolute Gasteiger partial charge is 0.382 e. The molecule has 0 radical (unpaired) electrons. The second-order valence-corrected chi connectivity index (χ2v) is 6.23. The maximum atomic E-state index is 11.9. The van der Waals surface area contributed by atoms with Crippen LogP contribution in [0.2, 0.25) is 0 Å². The zero-order valence-electron chi connectivity index (χ0n) is 16.0. The molecule has 0 aliphatic heterocycles. The predicted octanol–water partition coefficient (Wildman–Crippen LogP) is 3.19. The predicted molar refractivity (Wildman–Crippen MR) is 105 cm³/mol. The molecule has 0 spiro atoms. The summed E-state index contributed by atoms with van der Waals surface area (Å²) in [5, 5.41) is 2.81. The molecular formula is C21H28N2O3. The second-order valence-electron chi connectivity index (χ2n) is 6.23. The Hall–Kier alpha value is -2.37. The van der Waals surface area contributed by atoms with Gasteiger partial charge in [-0.25, -0.2) is 0 Å². The Morgan fingerprint density at radius 1 is 1.12 bits per heavy atom. The second kappa shape index (κ2) is 9.94. The van der Waals surface area contributed by atoms with Crippen molar-refractivity contribution >= 4 is 12.0 Å². The van der Waals surface area contributed by atoms with Crippen LogP contribution in [0.4, 0.5) is 0 Å². The Morgan fingerprint density at radius 2 is 1.85 bits per heavy atom. The minimum Gasteiger partial charge on any atom is -0.382 e. The Morgan fingerprint density at radius 3 is 2.54 bits per heavy atom. The number of ether oxygens (including phenoxy) is 2. The molecule has 0 saturated heterocycles. The molecule has 0 saturated carbocycles. The van der Waals surface area contributed by atoms with Gasteiger partial charge < -0.3 is 19.4 Å². The van der Waals surface area contributed by atoms with Crippen LogP contribution in [-0.4, -0.2) is 43.9 Å². The molecule has 140 valence electrons. The average Bonchev–Trinajstić information content (AvgIpc) is 2.91. The van der Waals surface area contributed by atoms with Gasteiger partial charge in [-0.3, -0.25) is 4.79 Å². The number of nitrogens with zero attached hydrogens (tertiary/aromatic N) is 1. The van der Waals surface area contributed by atoms with Crippen molar-refractivity contribution in [3.8, 4) is 5.69 Å². The first-order valence-electron chi connectivity index (χ1n) is 8.81. The van der Waals surface area contributed by atoms with E-state index in [1.807, 2.05) is 6.08 Å². The number of amides is 1. The minimum absolute atomic E-state index is 0.125. The molecule has 0 aliphatic rings. The van der Waals surface area contributed by atoms with Crippen molar-refractivity contribution in [3.63, 3.8) is 0 Å². The van der Waals surface area contributed by atoms with Crippen molar-refractivity contribution < 1.29 is 14.3 Å². The smallest absolute Gasteiger partial charge is 0.244 e. The van der Waals surface area contributed by atoms with E-state index in [4.69, 9.17) is 9.47 Å². The molecule has 0 atom stereocenters. The van der Waals surface area contributed by atoms with Gasteiger partial charge in [0.2, 0.25) is 5.91 Å². The Labute approximate surface area is 155 Å². The molecule has 2 rings (SSSR count). The summed E-state index contributed by atoms with van der Waals surface area (Å²) in [4.78, 5) is 11.9. The summed E-state index contributed by atoms with van der Waals surface area (Å²) in [7, 11) is 1.63. The Bertz CT molecular complexity index is 745. The molecule has 0 bridgehead atoms. The third-order valence-electron chi connectivity index (χ3n) is 4.15. The highest BCUT2D eigenvalue weighted by molar-refractivity contribution is 5.91. The molecule has 0 unspecified atom stereocenters. The Balaban J connectivity index is 1.95. The number of aromatic nitrogens is 1. The lowest BCUT2D eigenvalue weighted by atomic mass is 10.2. The van der Waals surface area contributed by atoms with E-state index < -0.39 is 0 Å². The van der Waals surface area contributed by atoms with Crippen LogP contribution >= 0.6 is 0 Å². The number of methoxy groups -OCH3 is 1. The van der Waals surface area contributed by atoms with Crippen LogP contribution in [-0.2, 0) is 14.3 Å². The third-order valence-corrected chi connectivity index (χ3v) is 4.15. The monoisotopic (exact) mass is 356 g/mol. The molecule has 0 aliphatic carbocycles. The first kappa shape index (κ1) is 19.9. The van der Waals surface area contributed by atoms with Gasteiger partial charge in [-0.05, 0) is 50.6 Å². The van der Waals surface area contributed by atoms with E-state index in [-0.39, 0.29) is 5.91 Å². The van der Waals surface area contributed by atoms with E-state index in [9.17, 15) is 4.79 Å². The van der Waals surface area contributed by atoms with Gasteiger partial charge in [-0.1, -0.05) is 17.7 Å². The molecule has 5 heteroatoms. The van der Waals surface area contributed by atoms with Gasteiger partial charge in [-0.2, -0.15) is 0 Å². The minimum atomic E-state index is -0.125. The number of carbonyl (C=O) groups excluding carboxylic acids is 1. The molecule has 1 aromatic heterocycles. The van der Waals surface area contributed by atoms with Crippen molar-refractivity contribution in [1.82, 2.24) is 9.88 Å². The summed E-state index contributed by atoms with van der Waals surface area (Å²) in [5.74, 6) is -0.125. The normalized spacial score (nSPS) is 11.2. The van der Waals surface area contributed by atoms with Gasteiger partial charge in [0.25, 0.3) is 0 Å². The molecule has 0 fully saturated rings. The van der Waals surface area contributed by atoms with Crippen molar-refractivity contribution in [2.75, 3.05) is 33.5 Å². The van der Waals surface area contributed by atoms with Crippen molar-refractivity contribution in [3.05, 3.63) is 58.9 Å². The summed E-state index contributed by atoms with van der Waals surface area (Å²) in [5.41, 5.74) is 5.65. The summed E-state index contributed by atoms with van der Waals surface area (Å²) in [6, 6.07) is 10.5.